The molecule has 1 N–H and O–H groups in total. The Morgan fingerprint density at radius 3 is 2.32 bits per heavy atom. The number of benzene rings is 2. The number of para-hydroxylation sites is 1. The van der Waals surface area contributed by atoms with Crippen molar-refractivity contribution in [1.29, 1.82) is 0 Å². The van der Waals surface area contributed by atoms with E-state index in [9.17, 15) is 18.3 Å². The van der Waals surface area contributed by atoms with Crippen molar-refractivity contribution in [2.75, 3.05) is 10.8 Å². The summed E-state index contributed by atoms with van der Waals surface area (Å²) in [5, 5.41) is 9.52. The lowest BCUT2D eigenvalue weighted by Gasteiger charge is -2.26. The highest BCUT2D eigenvalue weighted by molar-refractivity contribution is 7.92. The normalized spacial score (nSPS) is 11.6. The van der Waals surface area contributed by atoms with Crippen molar-refractivity contribution >= 4 is 44.9 Å². The Hall–Kier alpha value is -1.76. The summed E-state index contributed by atoms with van der Waals surface area (Å²) in [7, 11) is -4.14. The molecule has 0 saturated carbocycles. The molecule has 25 heavy (non-hydrogen) atoms. The topological polar surface area (TPSA) is 74.7 Å². The second kappa shape index (κ2) is 7.64. The largest absolute Gasteiger partial charge is 0.480 e. The fraction of sp³-hybridized carbons (Fsp3) is 0.235. The van der Waals surface area contributed by atoms with Crippen molar-refractivity contribution in [3.63, 3.8) is 0 Å². The second-order valence-electron chi connectivity index (χ2n) is 5.69. The van der Waals surface area contributed by atoms with Crippen molar-refractivity contribution in [1.82, 2.24) is 0 Å². The minimum Gasteiger partial charge on any atom is -0.480 e. The first kappa shape index (κ1) is 19.6. The SMILES string of the molecule is CC(C)c1ccccc1N(CC(=O)O)S(=O)(=O)c1ccc(Cl)c(Cl)c1. The van der Waals surface area contributed by atoms with Gasteiger partial charge in [0.2, 0.25) is 0 Å². The van der Waals surface area contributed by atoms with Gasteiger partial charge >= 0.3 is 5.97 Å². The number of rotatable bonds is 6. The summed E-state index contributed by atoms with van der Waals surface area (Å²) >= 11 is 11.8. The molecule has 2 rings (SSSR count). The molecule has 0 fully saturated rings. The molecule has 0 aromatic heterocycles. The Kier molecular flexibility index (Phi) is 5.98. The molecule has 0 radical (unpaired) electrons. The van der Waals surface area contributed by atoms with E-state index >= 15 is 0 Å². The number of aliphatic carboxylic acids is 1. The van der Waals surface area contributed by atoms with Crippen LogP contribution in [0.3, 0.4) is 0 Å². The first-order valence-electron chi connectivity index (χ1n) is 7.43. The summed E-state index contributed by atoms with van der Waals surface area (Å²) in [5.74, 6) is -1.25. The summed E-state index contributed by atoms with van der Waals surface area (Å²) in [6.45, 7) is 3.11. The number of hydrogen-bond donors (Lipinski definition) is 1. The van der Waals surface area contributed by atoms with Crippen LogP contribution < -0.4 is 4.31 Å². The number of halogens is 2. The van der Waals surface area contributed by atoms with Gasteiger partial charge < -0.3 is 5.11 Å². The molecule has 8 heteroatoms. The van der Waals surface area contributed by atoms with Crippen LogP contribution in [-0.4, -0.2) is 26.0 Å². The van der Waals surface area contributed by atoms with E-state index in [-0.39, 0.29) is 20.9 Å². The third kappa shape index (κ3) is 4.26. The lowest BCUT2D eigenvalue weighted by atomic mass is 10.0. The van der Waals surface area contributed by atoms with E-state index in [0.29, 0.717) is 5.69 Å². The Morgan fingerprint density at radius 1 is 1.12 bits per heavy atom. The third-order valence-electron chi connectivity index (χ3n) is 3.59. The Bertz CT molecular complexity index is 897. The third-order valence-corrected chi connectivity index (χ3v) is 6.08. The zero-order valence-electron chi connectivity index (χ0n) is 13.6. The number of anilines is 1. The molecule has 0 bridgehead atoms. The minimum atomic E-state index is -4.14. The van der Waals surface area contributed by atoms with E-state index in [1.54, 1.807) is 24.3 Å². The maximum absolute atomic E-state index is 13.1. The molecule has 2 aromatic carbocycles. The molecule has 5 nitrogen and oxygen atoms in total. The van der Waals surface area contributed by atoms with Gasteiger partial charge in [0.15, 0.2) is 0 Å². The van der Waals surface area contributed by atoms with Crippen LogP contribution in [0, 0.1) is 0 Å². The van der Waals surface area contributed by atoms with Crippen LogP contribution in [0.5, 0.6) is 0 Å². The van der Waals surface area contributed by atoms with Gasteiger partial charge in [-0.1, -0.05) is 55.2 Å². The molecule has 2 aromatic rings. The highest BCUT2D eigenvalue weighted by Gasteiger charge is 2.29. The highest BCUT2D eigenvalue weighted by Crippen LogP contribution is 2.33. The second-order valence-corrected chi connectivity index (χ2v) is 8.37. The molecule has 0 saturated heterocycles. The van der Waals surface area contributed by atoms with E-state index in [4.69, 9.17) is 23.2 Å². The summed E-state index contributed by atoms with van der Waals surface area (Å²) in [4.78, 5) is 11.2. The van der Waals surface area contributed by atoms with Gasteiger partial charge in [0.05, 0.1) is 20.6 Å². The van der Waals surface area contributed by atoms with Gasteiger partial charge in [-0.25, -0.2) is 8.42 Å². The van der Waals surface area contributed by atoms with Crippen molar-refractivity contribution in [2.24, 2.45) is 0 Å². The maximum Gasteiger partial charge on any atom is 0.324 e. The Morgan fingerprint density at radius 2 is 1.76 bits per heavy atom. The summed E-state index contributed by atoms with van der Waals surface area (Å²) in [6, 6.07) is 10.7. The average Bonchev–Trinajstić information content (AvgIpc) is 2.54. The fourth-order valence-corrected chi connectivity index (χ4v) is 4.22. The number of nitrogens with zero attached hydrogens (tertiary/aromatic N) is 1. The quantitative estimate of drug-likeness (QED) is 0.778. The molecule has 0 atom stereocenters. The van der Waals surface area contributed by atoms with Gasteiger partial charge in [-0.15, -0.1) is 0 Å². The monoisotopic (exact) mass is 401 g/mol. The highest BCUT2D eigenvalue weighted by atomic mass is 35.5. The van der Waals surface area contributed by atoms with Gasteiger partial charge in [-0.05, 0) is 35.7 Å². The van der Waals surface area contributed by atoms with Crippen LogP contribution in [-0.2, 0) is 14.8 Å². The van der Waals surface area contributed by atoms with E-state index in [1.807, 2.05) is 13.8 Å². The van der Waals surface area contributed by atoms with Crippen LogP contribution >= 0.6 is 23.2 Å². The van der Waals surface area contributed by atoms with Gasteiger partial charge in [0, 0.05) is 0 Å². The molecule has 134 valence electrons. The zero-order valence-corrected chi connectivity index (χ0v) is 15.9. The summed E-state index contributed by atoms with van der Waals surface area (Å²) in [5.41, 5.74) is 1.05. The molecular weight excluding hydrogens is 385 g/mol. The first-order chi connectivity index (χ1) is 11.6. The maximum atomic E-state index is 13.1. The number of carboxylic acids is 1. The Balaban J connectivity index is 2.65. The number of carbonyl (C=O) groups is 1. The lowest BCUT2D eigenvalue weighted by Crippen LogP contribution is -2.36. The van der Waals surface area contributed by atoms with Crippen LogP contribution in [0.4, 0.5) is 5.69 Å². The molecule has 0 heterocycles. The number of sulfonamides is 1. The number of hydrogen-bond acceptors (Lipinski definition) is 3. The van der Waals surface area contributed by atoms with Crippen LogP contribution in [0.2, 0.25) is 10.0 Å². The Labute approximate surface area is 156 Å². The van der Waals surface area contributed by atoms with Crippen molar-refractivity contribution in [2.45, 2.75) is 24.7 Å². The molecule has 0 aliphatic carbocycles. The van der Waals surface area contributed by atoms with Gasteiger partial charge in [0.1, 0.15) is 6.54 Å². The first-order valence-corrected chi connectivity index (χ1v) is 9.62. The fourth-order valence-electron chi connectivity index (χ4n) is 2.39. The zero-order chi connectivity index (χ0) is 18.8. The van der Waals surface area contributed by atoms with Crippen LogP contribution in [0.25, 0.3) is 0 Å². The predicted octanol–water partition coefficient (Wildman–Crippen LogP) is 4.40. The van der Waals surface area contributed by atoms with E-state index < -0.39 is 22.5 Å². The van der Waals surface area contributed by atoms with Crippen molar-refractivity contribution < 1.29 is 18.3 Å². The van der Waals surface area contributed by atoms with Crippen LogP contribution in [0.15, 0.2) is 47.4 Å². The van der Waals surface area contributed by atoms with E-state index in [1.165, 1.54) is 18.2 Å². The van der Waals surface area contributed by atoms with Crippen molar-refractivity contribution in [3.8, 4) is 0 Å². The molecule has 0 spiro atoms. The lowest BCUT2D eigenvalue weighted by molar-refractivity contribution is -0.135. The molecule has 0 aliphatic heterocycles. The predicted molar refractivity (Wildman–Crippen MR) is 99.2 cm³/mol. The van der Waals surface area contributed by atoms with Gasteiger partial charge in [-0.3, -0.25) is 9.10 Å². The smallest absolute Gasteiger partial charge is 0.324 e. The standard InChI is InChI=1S/C17H17Cl2NO4S/c1-11(2)13-5-3-4-6-16(13)20(10-17(21)22)25(23,24)12-7-8-14(18)15(19)9-12/h3-9,11H,10H2,1-2H3,(H,21,22). The van der Waals surface area contributed by atoms with Crippen LogP contribution in [0.1, 0.15) is 25.3 Å². The molecule has 0 aliphatic rings. The average molecular weight is 402 g/mol. The van der Waals surface area contributed by atoms with Gasteiger partial charge in [-0.2, -0.15) is 0 Å². The summed E-state index contributed by atoms with van der Waals surface area (Å²) in [6.07, 6.45) is 0. The van der Waals surface area contributed by atoms with Gasteiger partial charge in [0.25, 0.3) is 10.0 Å². The van der Waals surface area contributed by atoms with Crippen molar-refractivity contribution in [3.05, 3.63) is 58.1 Å². The minimum absolute atomic E-state index is 0.0106. The molecule has 0 amide bonds. The van der Waals surface area contributed by atoms with E-state index in [0.717, 1.165) is 9.87 Å². The van der Waals surface area contributed by atoms with E-state index in [2.05, 4.69) is 0 Å². The number of carboxylic acid groups (broad SMARTS) is 1. The summed E-state index contributed by atoms with van der Waals surface area (Å²) < 4.78 is 27.0. The molecule has 0 unspecified atom stereocenters. The molecular formula is C17H17Cl2NO4S.